The first-order valence-corrected chi connectivity index (χ1v) is 7.90. The second kappa shape index (κ2) is 7.14. The maximum absolute atomic E-state index is 12.2. The normalized spacial score (nSPS) is 24.5. The molecule has 5 heteroatoms. The van der Waals surface area contributed by atoms with E-state index in [0.717, 1.165) is 18.4 Å². The minimum Gasteiger partial charge on any atom is -0.399 e. The third-order valence-electron chi connectivity index (χ3n) is 4.02. The molecule has 0 amide bonds. The highest BCUT2D eigenvalue weighted by Gasteiger charge is 2.30. The molecular formula is C16H23ClN2O2. The van der Waals surface area contributed by atoms with Gasteiger partial charge in [-0.05, 0) is 38.3 Å². The predicted molar refractivity (Wildman–Crippen MR) is 84.9 cm³/mol. The largest absolute Gasteiger partial charge is 0.399 e. The number of benzene rings is 1. The van der Waals surface area contributed by atoms with Crippen LogP contribution in [0.5, 0.6) is 0 Å². The number of piperidine rings is 1. The summed E-state index contributed by atoms with van der Waals surface area (Å²) < 4.78 is 0. The van der Waals surface area contributed by atoms with E-state index in [2.05, 4.69) is 13.8 Å². The molecule has 0 radical (unpaired) electrons. The second-order valence-corrected chi connectivity index (χ2v) is 6.30. The summed E-state index contributed by atoms with van der Waals surface area (Å²) in [4.78, 5) is 17.7. The molecule has 2 N–H and O–H groups in total. The van der Waals surface area contributed by atoms with Gasteiger partial charge in [0.05, 0.1) is 0 Å². The average molecular weight is 311 g/mol. The molecule has 1 aliphatic heterocycles. The maximum atomic E-state index is 12.2. The number of carbonyl (C=O) groups excluding carboxylic acids is 1. The minimum atomic E-state index is -0.726. The van der Waals surface area contributed by atoms with Gasteiger partial charge < -0.3 is 10.6 Å². The highest BCUT2D eigenvalue weighted by molar-refractivity contribution is 6.30. The number of hydroxylamine groups is 2. The van der Waals surface area contributed by atoms with E-state index in [1.54, 1.807) is 11.1 Å². The van der Waals surface area contributed by atoms with E-state index in [4.69, 9.17) is 22.2 Å². The Morgan fingerprint density at radius 3 is 2.62 bits per heavy atom. The van der Waals surface area contributed by atoms with E-state index >= 15 is 0 Å². The van der Waals surface area contributed by atoms with Gasteiger partial charge in [-0.1, -0.05) is 24.6 Å². The summed E-state index contributed by atoms with van der Waals surface area (Å²) in [5, 5.41) is 1.06. The molecule has 1 aromatic rings. The molecule has 21 heavy (non-hydrogen) atoms. The van der Waals surface area contributed by atoms with Crippen molar-refractivity contribution >= 4 is 23.3 Å². The molecule has 3 unspecified atom stereocenters. The third-order valence-corrected chi connectivity index (χ3v) is 4.35. The van der Waals surface area contributed by atoms with Crippen LogP contribution < -0.4 is 5.73 Å². The predicted octanol–water partition coefficient (Wildman–Crippen LogP) is 3.14. The number of alkyl halides is 1. The van der Waals surface area contributed by atoms with Crippen LogP contribution >= 0.6 is 11.6 Å². The van der Waals surface area contributed by atoms with Crippen LogP contribution in [0.15, 0.2) is 24.3 Å². The van der Waals surface area contributed by atoms with Crippen molar-refractivity contribution in [2.75, 3.05) is 5.73 Å². The number of halogens is 1. The fourth-order valence-corrected chi connectivity index (χ4v) is 2.94. The number of anilines is 1. The number of rotatable bonds is 4. The first-order chi connectivity index (χ1) is 9.99. The number of nitrogens with two attached hydrogens (primary N) is 1. The fourth-order valence-electron chi connectivity index (χ4n) is 2.74. The second-order valence-electron chi connectivity index (χ2n) is 5.77. The zero-order valence-electron chi connectivity index (χ0n) is 12.6. The number of carbonyl (C=O) groups is 1. The van der Waals surface area contributed by atoms with E-state index < -0.39 is 11.3 Å². The van der Waals surface area contributed by atoms with E-state index in [1.807, 2.05) is 18.2 Å². The molecule has 1 saturated heterocycles. The van der Waals surface area contributed by atoms with Crippen molar-refractivity contribution in [2.45, 2.75) is 57.0 Å². The van der Waals surface area contributed by atoms with Crippen LogP contribution in [-0.4, -0.2) is 28.5 Å². The van der Waals surface area contributed by atoms with E-state index in [9.17, 15) is 4.79 Å². The lowest BCUT2D eigenvalue weighted by molar-refractivity contribution is -0.219. The van der Waals surface area contributed by atoms with Crippen molar-refractivity contribution in [3.8, 4) is 0 Å². The van der Waals surface area contributed by atoms with E-state index in [0.29, 0.717) is 12.1 Å². The topological polar surface area (TPSA) is 55.6 Å². The van der Waals surface area contributed by atoms with E-state index in [1.165, 1.54) is 6.42 Å². The van der Waals surface area contributed by atoms with Crippen LogP contribution in [-0.2, 0) is 16.1 Å². The van der Waals surface area contributed by atoms with Crippen molar-refractivity contribution in [1.82, 2.24) is 5.06 Å². The van der Waals surface area contributed by atoms with Crippen molar-refractivity contribution in [3.05, 3.63) is 29.8 Å². The Hall–Kier alpha value is -1.26. The van der Waals surface area contributed by atoms with Crippen molar-refractivity contribution in [3.63, 3.8) is 0 Å². The van der Waals surface area contributed by atoms with Gasteiger partial charge in [0.15, 0.2) is 0 Å². The molecule has 1 aliphatic rings. The summed E-state index contributed by atoms with van der Waals surface area (Å²) in [5.74, 6) is -0.402. The molecule has 0 aromatic heterocycles. The Bertz CT molecular complexity index is 485. The van der Waals surface area contributed by atoms with Crippen LogP contribution in [0.25, 0.3) is 0 Å². The molecule has 2 rings (SSSR count). The fraction of sp³-hybridized carbons (Fsp3) is 0.562. The molecular weight excluding hydrogens is 288 g/mol. The summed E-state index contributed by atoms with van der Waals surface area (Å²) in [6, 6.07) is 7.91. The van der Waals surface area contributed by atoms with Gasteiger partial charge in [0.1, 0.15) is 5.38 Å². The van der Waals surface area contributed by atoms with Crippen molar-refractivity contribution in [1.29, 1.82) is 0 Å². The molecule has 1 heterocycles. The number of nitrogen functional groups attached to an aromatic ring is 1. The Kier molecular flexibility index (Phi) is 5.48. The van der Waals surface area contributed by atoms with Gasteiger partial charge >= 0.3 is 5.97 Å². The highest BCUT2D eigenvalue weighted by atomic mass is 35.5. The molecule has 3 atom stereocenters. The van der Waals surface area contributed by atoms with Gasteiger partial charge in [-0.15, -0.1) is 16.7 Å². The zero-order valence-corrected chi connectivity index (χ0v) is 13.3. The lowest BCUT2D eigenvalue weighted by Crippen LogP contribution is -2.46. The molecule has 1 aromatic carbocycles. The van der Waals surface area contributed by atoms with Gasteiger partial charge in [-0.25, -0.2) is 4.79 Å². The zero-order chi connectivity index (χ0) is 15.4. The van der Waals surface area contributed by atoms with Crippen LogP contribution in [0, 0.1) is 0 Å². The molecule has 116 valence electrons. The van der Waals surface area contributed by atoms with Crippen LogP contribution in [0.3, 0.4) is 0 Å². The Morgan fingerprint density at radius 2 is 2.00 bits per heavy atom. The number of para-hydroxylation sites is 1. The monoisotopic (exact) mass is 310 g/mol. The summed E-state index contributed by atoms with van der Waals surface area (Å²) in [6.07, 6.45) is 3.62. The third kappa shape index (κ3) is 4.11. The van der Waals surface area contributed by atoms with Crippen molar-refractivity contribution in [2.24, 2.45) is 0 Å². The van der Waals surface area contributed by atoms with Crippen LogP contribution in [0.2, 0.25) is 0 Å². The van der Waals surface area contributed by atoms with Crippen molar-refractivity contribution < 1.29 is 9.63 Å². The molecule has 1 fully saturated rings. The van der Waals surface area contributed by atoms with Crippen LogP contribution in [0.4, 0.5) is 5.69 Å². The maximum Gasteiger partial charge on any atom is 0.343 e. The van der Waals surface area contributed by atoms with E-state index in [-0.39, 0.29) is 12.1 Å². The van der Waals surface area contributed by atoms with Crippen LogP contribution in [0.1, 0.15) is 38.7 Å². The summed E-state index contributed by atoms with van der Waals surface area (Å²) in [6.45, 7) is 4.14. The quantitative estimate of drug-likeness (QED) is 0.685. The van der Waals surface area contributed by atoms with Gasteiger partial charge in [0.2, 0.25) is 0 Å². The molecule has 0 spiro atoms. The summed E-state index contributed by atoms with van der Waals surface area (Å²) in [5.41, 5.74) is 7.39. The lowest BCUT2D eigenvalue weighted by atomic mass is 10.0. The standard InChI is InChI=1S/C16H23ClN2O2/c1-11-6-5-7-12(2)19(11)21-16(20)14(17)10-13-8-3-4-9-15(13)18/h3-4,8-9,11-12,14H,5-7,10,18H2,1-2H3. The molecule has 4 nitrogen and oxygen atoms in total. The first-order valence-electron chi connectivity index (χ1n) is 7.46. The van der Waals surface area contributed by atoms with Gasteiger partial charge in [0.25, 0.3) is 0 Å². The summed E-state index contributed by atoms with van der Waals surface area (Å²) >= 11 is 6.20. The number of hydrogen-bond acceptors (Lipinski definition) is 4. The smallest absolute Gasteiger partial charge is 0.343 e. The number of hydrogen-bond donors (Lipinski definition) is 1. The highest BCUT2D eigenvalue weighted by Crippen LogP contribution is 2.24. The molecule has 0 bridgehead atoms. The minimum absolute atomic E-state index is 0.239. The number of nitrogens with zero attached hydrogens (tertiary/aromatic N) is 1. The van der Waals surface area contributed by atoms with Gasteiger partial charge in [-0.2, -0.15) is 0 Å². The van der Waals surface area contributed by atoms with Gasteiger partial charge in [-0.3, -0.25) is 0 Å². The lowest BCUT2D eigenvalue weighted by Gasteiger charge is -2.37. The Balaban J connectivity index is 1.95. The molecule has 0 aliphatic carbocycles. The molecule has 0 saturated carbocycles. The summed E-state index contributed by atoms with van der Waals surface area (Å²) in [7, 11) is 0. The van der Waals surface area contributed by atoms with Gasteiger partial charge in [0, 0.05) is 24.2 Å². The SMILES string of the molecule is CC1CCCC(C)N1OC(=O)C(Cl)Cc1ccccc1N. The Morgan fingerprint density at radius 1 is 1.38 bits per heavy atom. The first kappa shape index (κ1) is 16.1. The Labute approximate surface area is 131 Å². The average Bonchev–Trinajstić information content (AvgIpc) is 2.45.